The van der Waals surface area contributed by atoms with Crippen LogP contribution in [0.5, 0.6) is 0 Å². The second kappa shape index (κ2) is 7.24. The molecule has 136 valence electrons. The van der Waals surface area contributed by atoms with E-state index in [-0.39, 0.29) is 12.2 Å². The molecule has 1 unspecified atom stereocenters. The first-order valence-corrected chi connectivity index (χ1v) is 9.75. The Hall–Kier alpha value is -1.75. The molecule has 1 saturated carbocycles. The largest absolute Gasteiger partial charge is 0.441 e. The van der Waals surface area contributed by atoms with Crippen LogP contribution in [0.4, 0.5) is 10.5 Å². The van der Waals surface area contributed by atoms with Gasteiger partial charge in [-0.25, -0.2) is 4.79 Å². The standard InChI is InChI=1S/C20H29N3O2/c1-21-20(24)25-19-7-2-4-15-8-9-17(14-18(15)19)23-12-10-22(11-13-23)16-5-3-6-16/h8-9,14,16,19H,2-7,10-13H2,1H3,(H,21,24). The van der Waals surface area contributed by atoms with Crippen molar-refractivity contribution in [1.29, 1.82) is 0 Å². The third-order valence-corrected chi connectivity index (χ3v) is 6.11. The van der Waals surface area contributed by atoms with Gasteiger partial charge in [-0.05, 0) is 55.4 Å². The summed E-state index contributed by atoms with van der Waals surface area (Å²) in [4.78, 5) is 16.8. The molecule has 0 bridgehead atoms. The third-order valence-electron chi connectivity index (χ3n) is 6.11. The summed E-state index contributed by atoms with van der Waals surface area (Å²) in [5.74, 6) is 0. The Morgan fingerprint density at radius 2 is 1.92 bits per heavy atom. The lowest BCUT2D eigenvalue weighted by atomic mass is 9.88. The summed E-state index contributed by atoms with van der Waals surface area (Å²) in [5, 5.41) is 2.57. The Kier molecular flexibility index (Phi) is 4.84. The minimum atomic E-state index is -0.336. The number of anilines is 1. The number of nitrogens with one attached hydrogen (secondary N) is 1. The van der Waals surface area contributed by atoms with E-state index in [1.807, 2.05) is 0 Å². The fraction of sp³-hybridized carbons (Fsp3) is 0.650. The van der Waals surface area contributed by atoms with E-state index < -0.39 is 0 Å². The molecule has 1 aromatic rings. The van der Waals surface area contributed by atoms with E-state index in [9.17, 15) is 4.79 Å². The Morgan fingerprint density at radius 1 is 1.12 bits per heavy atom. The highest BCUT2D eigenvalue weighted by Crippen LogP contribution is 2.35. The highest BCUT2D eigenvalue weighted by Gasteiger charge is 2.29. The smallest absolute Gasteiger partial charge is 0.407 e. The number of hydrogen-bond donors (Lipinski definition) is 1. The van der Waals surface area contributed by atoms with Crippen molar-refractivity contribution in [1.82, 2.24) is 10.2 Å². The molecule has 1 aromatic carbocycles. The maximum Gasteiger partial charge on any atom is 0.407 e. The zero-order valence-electron chi connectivity index (χ0n) is 15.2. The van der Waals surface area contributed by atoms with Gasteiger partial charge in [0.25, 0.3) is 0 Å². The molecule has 2 aliphatic carbocycles. The lowest BCUT2D eigenvalue weighted by Gasteiger charge is -2.43. The molecule has 5 nitrogen and oxygen atoms in total. The third kappa shape index (κ3) is 3.47. The average molecular weight is 343 g/mol. The number of ether oxygens (including phenoxy) is 1. The van der Waals surface area contributed by atoms with Crippen LogP contribution in [0.25, 0.3) is 0 Å². The van der Waals surface area contributed by atoms with Crippen molar-refractivity contribution < 1.29 is 9.53 Å². The van der Waals surface area contributed by atoms with E-state index in [0.717, 1.165) is 38.4 Å². The number of rotatable bonds is 3. The molecular formula is C20H29N3O2. The van der Waals surface area contributed by atoms with Gasteiger partial charge < -0.3 is 15.0 Å². The second-order valence-corrected chi connectivity index (χ2v) is 7.53. The number of carbonyl (C=O) groups is 1. The maximum absolute atomic E-state index is 11.7. The van der Waals surface area contributed by atoms with Crippen LogP contribution < -0.4 is 10.2 Å². The Labute approximate surface area is 150 Å². The number of aryl methyl sites for hydroxylation is 1. The number of fused-ring (bicyclic) bond motifs is 1. The zero-order valence-corrected chi connectivity index (χ0v) is 15.2. The topological polar surface area (TPSA) is 44.8 Å². The van der Waals surface area contributed by atoms with Gasteiger partial charge in [0.2, 0.25) is 0 Å². The van der Waals surface area contributed by atoms with E-state index in [2.05, 4.69) is 33.3 Å². The van der Waals surface area contributed by atoms with Gasteiger partial charge in [-0.2, -0.15) is 0 Å². The van der Waals surface area contributed by atoms with Gasteiger partial charge in [0.1, 0.15) is 6.10 Å². The highest BCUT2D eigenvalue weighted by atomic mass is 16.6. The Morgan fingerprint density at radius 3 is 2.60 bits per heavy atom. The quantitative estimate of drug-likeness (QED) is 0.916. The van der Waals surface area contributed by atoms with Crippen LogP contribution in [-0.4, -0.2) is 50.3 Å². The fourth-order valence-corrected chi connectivity index (χ4v) is 4.35. The predicted octanol–water partition coefficient (Wildman–Crippen LogP) is 3.09. The molecule has 0 spiro atoms. The van der Waals surface area contributed by atoms with Gasteiger partial charge in [-0.15, -0.1) is 0 Å². The van der Waals surface area contributed by atoms with Crippen molar-refractivity contribution >= 4 is 11.8 Å². The van der Waals surface area contributed by atoms with Gasteiger partial charge in [0.15, 0.2) is 0 Å². The summed E-state index contributed by atoms with van der Waals surface area (Å²) in [7, 11) is 1.62. The van der Waals surface area contributed by atoms with E-state index in [1.165, 1.54) is 49.2 Å². The number of carbonyl (C=O) groups excluding carboxylic acids is 1. The van der Waals surface area contributed by atoms with Gasteiger partial charge in [-0.3, -0.25) is 4.90 Å². The van der Waals surface area contributed by atoms with E-state index >= 15 is 0 Å². The molecule has 1 amide bonds. The lowest BCUT2D eigenvalue weighted by Crippen LogP contribution is -2.52. The van der Waals surface area contributed by atoms with Gasteiger partial charge >= 0.3 is 6.09 Å². The number of hydrogen-bond acceptors (Lipinski definition) is 4. The molecule has 25 heavy (non-hydrogen) atoms. The first-order valence-electron chi connectivity index (χ1n) is 9.75. The Balaban J connectivity index is 1.46. The summed E-state index contributed by atoms with van der Waals surface area (Å²) < 4.78 is 5.60. The monoisotopic (exact) mass is 343 g/mol. The normalized spacial score (nSPS) is 24.4. The number of nitrogens with zero attached hydrogens (tertiary/aromatic N) is 2. The second-order valence-electron chi connectivity index (χ2n) is 7.53. The molecule has 5 heteroatoms. The zero-order chi connectivity index (χ0) is 17.2. The van der Waals surface area contributed by atoms with E-state index in [1.54, 1.807) is 7.05 Å². The molecule has 4 rings (SSSR count). The molecule has 3 aliphatic rings. The van der Waals surface area contributed by atoms with Crippen molar-refractivity contribution in [3.8, 4) is 0 Å². The first-order chi connectivity index (χ1) is 12.2. The minimum Gasteiger partial charge on any atom is -0.441 e. The molecule has 0 radical (unpaired) electrons. The highest BCUT2D eigenvalue weighted by molar-refractivity contribution is 5.67. The molecule has 1 heterocycles. The van der Waals surface area contributed by atoms with E-state index in [0.29, 0.717) is 0 Å². The summed E-state index contributed by atoms with van der Waals surface area (Å²) >= 11 is 0. The maximum atomic E-state index is 11.7. The summed E-state index contributed by atoms with van der Waals surface area (Å²) in [6.45, 7) is 4.52. The average Bonchev–Trinajstić information content (AvgIpc) is 2.61. The minimum absolute atomic E-state index is 0.111. The van der Waals surface area contributed by atoms with Crippen molar-refractivity contribution in [2.45, 2.75) is 50.7 Å². The summed E-state index contributed by atoms with van der Waals surface area (Å²) in [6, 6.07) is 7.60. The van der Waals surface area contributed by atoms with Crippen LogP contribution in [0.15, 0.2) is 18.2 Å². The molecule has 1 saturated heterocycles. The van der Waals surface area contributed by atoms with Crippen LogP contribution in [-0.2, 0) is 11.2 Å². The van der Waals surface area contributed by atoms with Crippen molar-refractivity contribution in [2.75, 3.05) is 38.1 Å². The molecular weight excluding hydrogens is 314 g/mol. The summed E-state index contributed by atoms with van der Waals surface area (Å²) in [5.41, 5.74) is 3.81. The van der Waals surface area contributed by atoms with Crippen molar-refractivity contribution in [3.63, 3.8) is 0 Å². The number of alkyl carbamates (subject to hydrolysis) is 1. The number of benzene rings is 1. The van der Waals surface area contributed by atoms with Crippen LogP contribution in [0.1, 0.15) is 49.3 Å². The predicted molar refractivity (Wildman–Crippen MR) is 99.1 cm³/mol. The number of piperazine rings is 1. The lowest BCUT2D eigenvalue weighted by molar-refractivity contribution is 0.0892. The van der Waals surface area contributed by atoms with Crippen LogP contribution in [0.2, 0.25) is 0 Å². The van der Waals surface area contributed by atoms with Gasteiger partial charge in [0, 0.05) is 45.0 Å². The van der Waals surface area contributed by atoms with Gasteiger partial charge in [-0.1, -0.05) is 12.5 Å². The molecule has 1 N–H and O–H groups in total. The summed E-state index contributed by atoms with van der Waals surface area (Å²) in [6.07, 6.45) is 6.81. The van der Waals surface area contributed by atoms with Crippen molar-refractivity contribution in [2.24, 2.45) is 0 Å². The first kappa shape index (κ1) is 16.7. The van der Waals surface area contributed by atoms with Crippen LogP contribution in [0.3, 0.4) is 0 Å². The van der Waals surface area contributed by atoms with Crippen LogP contribution in [0, 0.1) is 0 Å². The fourth-order valence-electron chi connectivity index (χ4n) is 4.35. The van der Waals surface area contributed by atoms with E-state index in [4.69, 9.17) is 4.74 Å². The molecule has 2 fully saturated rings. The molecule has 0 aromatic heterocycles. The molecule has 1 aliphatic heterocycles. The Bertz CT molecular complexity index is 621. The number of amides is 1. The molecule has 1 atom stereocenters. The SMILES string of the molecule is CNC(=O)OC1CCCc2ccc(N3CCN(C4CCC4)CC3)cc21. The van der Waals surface area contributed by atoms with Crippen molar-refractivity contribution in [3.05, 3.63) is 29.3 Å². The van der Waals surface area contributed by atoms with Gasteiger partial charge in [0.05, 0.1) is 0 Å². The van der Waals surface area contributed by atoms with Crippen LogP contribution >= 0.6 is 0 Å².